The van der Waals surface area contributed by atoms with Crippen LogP contribution in [0.25, 0.3) is 0 Å². The molecule has 0 aliphatic heterocycles. The van der Waals surface area contributed by atoms with E-state index in [1.165, 1.54) is 0 Å². The van der Waals surface area contributed by atoms with Gasteiger partial charge in [0.25, 0.3) is 0 Å². The molecular formula is C13H18N2O2. The van der Waals surface area contributed by atoms with Crippen molar-refractivity contribution in [3.63, 3.8) is 0 Å². The number of hydrogen-bond donors (Lipinski definition) is 1. The van der Waals surface area contributed by atoms with E-state index in [4.69, 9.17) is 4.74 Å². The van der Waals surface area contributed by atoms with Crippen molar-refractivity contribution in [1.29, 1.82) is 0 Å². The molecule has 0 aliphatic carbocycles. The predicted octanol–water partition coefficient (Wildman–Crippen LogP) is 2.19. The fourth-order valence-electron chi connectivity index (χ4n) is 1.02. The van der Waals surface area contributed by atoms with Crippen LogP contribution in [0.3, 0.4) is 0 Å². The van der Waals surface area contributed by atoms with Crippen LogP contribution in [0.15, 0.2) is 29.4 Å². The number of carbonyl (C=O) groups is 1. The highest BCUT2D eigenvalue weighted by Crippen LogP contribution is 2.12. The fraction of sp³-hybridized carbons (Fsp3) is 0.385. The van der Waals surface area contributed by atoms with Gasteiger partial charge < -0.3 is 4.74 Å². The Morgan fingerprint density at radius 2 is 1.88 bits per heavy atom. The maximum Gasteiger partial charge on any atom is 0.245 e. The SMILES string of the molecule is COc1ccc(C=NNC(=O)C(C)(C)C)cc1. The molecule has 0 saturated carbocycles. The van der Waals surface area contributed by atoms with Gasteiger partial charge >= 0.3 is 0 Å². The molecule has 1 aromatic carbocycles. The van der Waals surface area contributed by atoms with Crippen molar-refractivity contribution < 1.29 is 9.53 Å². The standard InChI is InChI=1S/C13H18N2O2/c1-13(2,3)12(16)15-14-9-10-5-7-11(17-4)8-6-10/h5-9H,1-4H3,(H,15,16). The minimum Gasteiger partial charge on any atom is -0.497 e. The summed E-state index contributed by atoms with van der Waals surface area (Å²) in [4.78, 5) is 11.5. The Morgan fingerprint density at radius 3 is 2.35 bits per heavy atom. The molecule has 1 aromatic rings. The van der Waals surface area contributed by atoms with E-state index >= 15 is 0 Å². The summed E-state index contributed by atoms with van der Waals surface area (Å²) in [5, 5.41) is 3.90. The molecule has 4 heteroatoms. The third kappa shape index (κ3) is 4.26. The van der Waals surface area contributed by atoms with Gasteiger partial charge in [-0.1, -0.05) is 20.8 Å². The highest BCUT2D eigenvalue weighted by atomic mass is 16.5. The minimum absolute atomic E-state index is 0.109. The molecule has 0 saturated heterocycles. The first kappa shape index (κ1) is 13.2. The topological polar surface area (TPSA) is 50.7 Å². The second kappa shape index (κ2) is 5.48. The Hall–Kier alpha value is -1.84. The summed E-state index contributed by atoms with van der Waals surface area (Å²) in [7, 11) is 1.62. The van der Waals surface area contributed by atoms with E-state index in [9.17, 15) is 4.79 Å². The first-order chi connectivity index (χ1) is 7.93. The molecule has 1 rings (SSSR count). The number of methoxy groups -OCH3 is 1. The van der Waals surface area contributed by atoms with Crippen molar-refractivity contribution in [3.05, 3.63) is 29.8 Å². The average Bonchev–Trinajstić information content (AvgIpc) is 2.28. The van der Waals surface area contributed by atoms with Crippen molar-refractivity contribution in [3.8, 4) is 5.75 Å². The summed E-state index contributed by atoms with van der Waals surface area (Å²) in [6.45, 7) is 5.52. The van der Waals surface area contributed by atoms with Crippen molar-refractivity contribution >= 4 is 12.1 Å². The minimum atomic E-state index is -0.433. The van der Waals surface area contributed by atoms with E-state index in [2.05, 4.69) is 10.5 Å². The van der Waals surface area contributed by atoms with Crippen molar-refractivity contribution in [1.82, 2.24) is 5.43 Å². The van der Waals surface area contributed by atoms with Gasteiger partial charge in [-0.05, 0) is 29.8 Å². The van der Waals surface area contributed by atoms with E-state index in [0.717, 1.165) is 11.3 Å². The third-order valence-electron chi connectivity index (χ3n) is 2.18. The average molecular weight is 234 g/mol. The lowest BCUT2D eigenvalue weighted by Gasteiger charge is -2.14. The molecule has 17 heavy (non-hydrogen) atoms. The second-order valence-electron chi connectivity index (χ2n) is 4.72. The van der Waals surface area contributed by atoms with Crippen LogP contribution in [-0.4, -0.2) is 19.2 Å². The van der Waals surface area contributed by atoms with Gasteiger partial charge in [0.05, 0.1) is 13.3 Å². The van der Waals surface area contributed by atoms with Crippen LogP contribution in [0, 0.1) is 5.41 Å². The number of rotatable bonds is 3. The summed E-state index contributed by atoms with van der Waals surface area (Å²) in [6, 6.07) is 7.41. The predicted molar refractivity (Wildman–Crippen MR) is 68.2 cm³/mol. The van der Waals surface area contributed by atoms with E-state index in [1.807, 2.05) is 45.0 Å². The molecule has 0 spiro atoms. The maximum absolute atomic E-state index is 11.5. The van der Waals surface area contributed by atoms with Gasteiger partial charge in [0.15, 0.2) is 0 Å². The first-order valence-corrected chi connectivity index (χ1v) is 5.41. The highest BCUT2D eigenvalue weighted by Gasteiger charge is 2.20. The lowest BCUT2D eigenvalue weighted by atomic mass is 9.96. The van der Waals surface area contributed by atoms with Crippen molar-refractivity contribution in [2.45, 2.75) is 20.8 Å². The summed E-state index contributed by atoms with van der Waals surface area (Å²) in [5.41, 5.74) is 2.97. The smallest absolute Gasteiger partial charge is 0.245 e. The Balaban J connectivity index is 2.56. The van der Waals surface area contributed by atoms with Crippen LogP contribution in [0.2, 0.25) is 0 Å². The summed E-state index contributed by atoms with van der Waals surface area (Å²) < 4.78 is 5.04. The van der Waals surface area contributed by atoms with Crippen LogP contribution < -0.4 is 10.2 Å². The van der Waals surface area contributed by atoms with Crippen molar-refractivity contribution in [2.24, 2.45) is 10.5 Å². The fourth-order valence-corrected chi connectivity index (χ4v) is 1.02. The second-order valence-corrected chi connectivity index (χ2v) is 4.72. The Morgan fingerprint density at radius 1 is 1.29 bits per heavy atom. The van der Waals surface area contributed by atoms with Gasteiger partial charge in [0.2, 0.25) is 5.91 Å². The zero-order chi connectivity index (χ0) is 12.9. The summed E-state index contributed by atoms with van der Waals surface area (Å²) in [6.07, 6.45) is 1.60. The molecule has 92 valence electrons. The quantitative estimate of drug-likeness (QED) is 0.644. The van der Waals surface area contributed by atoms with E-state index < -0.39 is 5.41 Å². The molecule has 0 aliphatic rings. The van der Waals surface area contributed by atoms with Crippen LogP contribution in [0.5, 0.6) is 5.75 Å². The summed E-state index contributed by atoms with van der Waals surface area (Å²) >= 11 is 0. The van der Waals surface area contributed by atoms with Crippen molar-refractivity contribution in [2.75, 3.05) is 7.11 Å². The summed E-state index contributed by atoms with van der Waals surface area (Å²) in [5.74, 6) is 0.683. The molecule has 0 fully saturated rings. The molecule has 0 bridgehead atoms. The van der Waals surface area contributed by atoms with E-state index in [0.29, 0.717) is 0 Å². The molecule has 1 amide bonds. The van der Waals surface area contributed by atoms with Crippen LogP contribution in [0.1, 0.15) is 26.3 Å². The highest BCUT2D eigenvalue weighted by molar-refractivity contribution is 5.84. The van der Waals surface area contributed by atoms with Gasteiger partial charge in [-0.15, -0.1) is 0 Å². The molecule has 0 aromatic heterocycles. The zero-order valence-corrected chi connectivity index (χ0v) is 10.7. The number of hydrazone groups is 1. The van der Waals surface area contributed by atoms with Gasteiger partial charge in [0.1, 0.15) is 5.75 Å². The van der Waals surface area contributed by atoms with Gasteiger partial charge in [-0.3, -0.25) is 4.79 Å². The maximum atomic E-state index is 11.5. The number of nitrogens with zero attached hydrogens (tertiary/aromatic N) is 1. The number of amides is 1. The third-order valence-corrected chi connectivity index (χ3v) is 2.18. The van der Waals surface area contributed by atoms with E-state index in [-0.39, 0.29) is 5.91 Å². The van der Waals surface area contributed by atoms with Crippen LogP contribution in [0.4, 0.5) is 0 Å². The van der Waals surface area contributed by atoms with Gasteiger partial charge in [0, 0.05) is 5.41 Å². The van der Waals surface area contributed by atoms with Gasteiger partial charge in [-0.25, -0.2) is 5.43 Å². The molecule has 4 nitrogen and oxygen atoms in total. The van der Waals surface area contributed by atoms with Gasteiger partial charge in [-0.2, -0.15) is 5.10 Å². The molecule has 0 radical (unpaired) electrons. The monoisotopic (exact) mass is 234 g/mol. The lowest BCUT2D eigenvalue weighted by Crippen LogP contribution is -2.31. The number of benzene rings is 1. The lowest BCUT2D eigenvalue weighted by molar-refractivity contribution is -0.128. The normalized spacial score (nSPS) is 11.5. The Labute approximate surface area is 102 Å². The van der Waals surface area contributed by atoms with E-state index in [1.54, 1.807) is 13.3 Å². The van der Waals surface area contributed by atoms with Crippen LogP contribution >= 0.6 is 0 Å². The number of nitrogens with one attached hydrogen (secondary N) is 1. The van der Waals surface area contributed by atoms with Crippen LogP contribution in [-0.2, 0) is 4.79 Å². The first-order valence-electron chi connectivity index (χ1n) is 5.41. The Kier molecular flexibility index (Phi) is 4.26. The number of carbonyl (C=O) groups excluding carboxylic acids is 1. The zero-order valence-electron chi connectivity index (χ0n) is 10.7. The Bertz CT molecular complexity index is 402. The molecule has 0 unspecified atom stereocenters. The largest absolute Gasteiger partial charge is 0.497 e. The molecule has 0 atom stereocenters. The molecule has 0 heterocycles. The number of hydrogen-bond acceptors (Lipinski definition) is 3. The molecule has 1 N–H and O–H groups in total. The molecular weight excluding hydrogens is 216 g/mol. The number of ether oxygens (including phenoxy) is 1.